The van der Waals surface area contributed by atoms with Gasteiger partial charge >= 0.3 is 0 Å². The molecule has 4 aliphatic rings. The minimum atomic E-state index is -0.613. The molecule has 4 aliphatic heterocycles. The Bertz CT molecular complexity index is 393. The quantitative estimate of drug-likeness (QED) is 0.651. The van der Waals surface area contributed by atoms with E-state index in [0.717, 1.165) is 6.42 Å². The topological polar surface area (TPSA) is 46.2 Å². The fourth-order valence-corrected chi connectivity index (χ4v) is 3.98. The van der Waals surface area contributed by atoms with E-state index < -0.39 is 11.4 Å². The molecule has 0 aromatic rings. The van der Waals surface area contributed by atoms with Crippen molar-refractivity contribution in [2.45, 2.75) is 75.7 Å². The fourth-order valence-electron chi connectivity index (χ4n) is 3.98. The predicted molar refractivity (Wildman–Crippen MR) is 61.0 cm³/mol. The summed E-state index contributed by atoms with van der Waals surface area (Å²) in [5.41, 5.74) is -0.839. The molecule has 18 heavy (non-hydrogen) atoms. The lowest BCUT2D eigenvalue weighted by atomic mass is 9.84. The van der Waals surface area contributed by atoms with E-state index in [2.05, 4.69) is 0 Å². The molecule has 0 N–H and O–H groups in total. The Morgan fingerprint density at radius 1 is 1.00 bits per heavy atom. The van der Waals surface area contributed by atoms with Crippen LogP contribution in [0.15, 0.2) is 0 Å². The summed E-state index contributed by atoms with van der Waals surface area (Å²) in [6.45, 7) is 8.62. The van der Waals surface area contributed by atoms with E-state index >= 15 is 0 Å². The van der Waals surface area contributed by atoms with Crippen molar-refractivity contribution < 1.29 is 23.7 Å². The highest BCUT2D eigenvalue weighted by molar-refractivity contribution is 5.21. The summed E-state index contributed by atoms with van der Waals surface area (Å²) in [7, 11) is 0. The standard InChI is InChI=1S/C13H20O5/c1-11(2)10-13(7(16-11)5-6-14-13)8-9(15-10)18-12(3,4)17-8/h7-10H,5-6H2,1-4H3/t7-,8-,9+,10+,13-/m0/s1. The summed E-state index contributed by atoms with van der Waals surface area (Å²) in [6.07, 6.45) is 0.296. The second-order valence-electron chi connectivity index (χ2n) is 6.64. The van der Waals surface area contributed by atoms with Crippen LogP contribution in [-0.4, -0.2) is 48.2 Å². The van der Waals surface area contributed by atoms with Crippen LogP contribution in [-0.2, 0) is 23.7 Å². The van der Waals surface area contributed by atoms with Gasteiger partial charge in [0.25, 0.3) is 0 Å². The lowest BCUT2D eigenvalue weighted by Crippen LogP contribution is -2.53. The Hall–Kier alpha value is -0.200. The first kappa shape index (κ1) is 11.6. The van der Waals surface area contributed by atoms with Crippen LogP contribution in [0.5, 0.6) is 0 Å². The Balaban J connectivity index is 1.76. The molecule has 4 rings (SSSR count). The van der Waals surface area contributed by atoms with E-state index in [1.54, 1.807) is 0 Å². The first-order valence-corrected chi connectivity index (χ1v) is 6.68. The lowest BCUT2D eigenvalue weighted by molar-refractivity contribution is -0.233. The van der Waals surface area contributed by atoms with Crippen LogP contribution in [0.25, 0.3) is 0 Å². The summed E-state index contributed by atoms with van der Waals surface area (Å²) in [6, 6.07) is 0. The maximum absolute atomic E-state index is 6.12. The van der Waals surface area contributed by atoms with Gasteiger partial charge in [-0.15, -0.1) is 0 Å². The normalized spacial score (nSPS) is 55.3. The maximum Gasteiger partial charge on any atom is 0.190 e. The first-order chi connectivity index (χ1) is 8.35. The van der Waals surface area contributed by atoms with E-state index in [9.17, 15) is 0 Å². The maximum atomic E-state index is 6.12. The summed E-state index contributed by atoms with van der Waals surface area (Å²) in [4.78, 5) is 0. The van der Waals surface area contributed by atoms with Crippen molar-refractivity contribution in [1.29, 1.82) is 0 Å². The third-order valence-corrected chi connectivity index (χ3v) is 4.50. The molecule has 0 bridgehead atoms. The van der Waals surface area contributed by atoms with Gasteiger partial charge in [0.1, 0.15) is 12.2 Å². The Labute approximate surface area is 107 Å². The molecule has 0 saturated carbocycles. The molecule has 1 spiro atoms. The minimum Gasteiger partial charge on any atom is -0.366 e. The van der Waals surface area contributed by atoms with Gasteiger partial charge < -0.3 is 23.7 Å². The monoisotopic (exact) mass is 256 g/mol. The lowest BCUT2D eigenvalue weighted by Gasteiger charge is -2.33. The highest BCUT2D eigenvalue weighted by Crippen LogP contribution is 2.57. The molecule has 5 nitrogen and oxygen atoms in total. The molecule has 0 radical (unpaired) electrons. The smallest absolute Gasteiger partial charge is 0.190 e. The van der Waals surface area contributed by atoms with Gasteiger partial charge in [-0.05, 0) is 27.7 Å². The van der Waals surface area contributed by atoms with Crippen molar-refractivity contribution in [3.05, 3.63) is 0 Å². The van der Waals surface area contributed by atoms with Crippen LogP contribution in [0.2, 0.25) is 0 Å². The third-order valence-electron chi connectivity index (χ3n) is 4.50. The van der Waals surface area contributed by atoms with Crippen molar-refractivity contribution in [2.75, 3.05) is 6.61 Å². The SMILES string of the molecule is CC1(C)O[C@H]2O[C@@H]3C(C)(C)O[C@H]4CCO[C@]43[C@H]2O1. The minimum absolute atomic E-state index is 0.0463. The Kier molecular flexibility index (Phi) is 2.00. The highest BCUT2D eigenvalue weighted by Gasteiger charge is 2.76. The van der Waals surface area contributed by atoms with E-state index in [1.165, 1.54) is 0 Å². The van der Waals surface area contributed by atoms with E-state index in [1.807, 2.05) is 27.7 Å². The molecule has 102 valence electrons. The third kappa shape index (κ3) is 1.20. The fraction of sp³-hybridized carbons (Fsp3) is 1.00. The summed E-state index contributed by atoms with van der Waals surface area (Å²) >= 11 is 0. The van der Waals surface area contributed by atoms with Gasteiger partial charge in [-0.3, -0.25) is 0 Å². The zero-order valence-electron chi connectivity index (χ0n) is 11.3. The van der Waals surface area contributed by atoms with E-state index in [4.69, 9.17) is 23.7 Å². The summed E-state index contributed by atoms with van der Waals surface area (Å²) in [5, 5.41) is 0. The number of rotatable bonds is 0. The second kappa shape index (κ2) is 3.10. The first-order valence-electron chi connectivity index (χ1n) is 6.68. The van der Waals surface area contributed by atoms with Gasteiger partial charge in [0.2, 0.25) is 0 Å². The van der Waals surface area contributed by atoms with Crippen LogP contribution in [0, 0.1) is 0 Å². The number of hydrogen-bond donors (Lipinski definition) is 0. The van der Waals surface area contributed by atoms with Crippen molar-refractivity contribution in [3.8, 4) is 0 Å². The number of hydrogen-bond acceptors (Lipinski definition) is 5. The number of ether oxygens (including phenoxy) is 5. The summed E-state index contributed by atoms with van der Waals surface area (Å²) < 4.78 is 30.1. The molecule has 0 amide bonds. The second-order valence-corrected chi connectivity index (χ2v) is 6.64. The molecule has 4 fully saturated rings. The molecule has 5 heteroatoms. The van der Waals surface area contributed by atoms with Gasteiger partial charge in [-0.1, -0.05) is 0 Å². The van der Waals surface area contributed by atoms with Gasteiger partial charge in [0.15, 0.2) is 17.7 Å². The predicted octanol–water partition coefficient (Wildman–Crippen LogP) is 1.20. The average Bonchev–Trinajstić information content (AvgIpc) is 2.86. The molecule has 4 heterocycles. The molecule has 0 unspecified atom stereocenters. The van der Waals surface area contributed by atoms with Crippen LogP contribution in [0.3, 0.4) is 0 Å². The zero-order valence-corrected chi connectivity index (χ0v) is 11.3. The van der Waals surface area contributed by atoms with E-state index in [-0.39, 0.29) is 30.2 Å². The Morgan fingerprint density at radius 3 is 2.56 bits per heavy atom. The van der Waals surface area contributed by atoms with Crippen molar-refractivity contribution in [1.82, 2.24) is 0 Å². The molecule has 0 aromatic heterocycles. The molecular formula is C13H20O5. The van der Waals surface area contributed by atoms with Crippen molar-refractivity contribution >= 4 is 0 Å². The average molecular weight is 256 g/mol. The molecule has 5 atom stereocenters. The molecule has 0 aliphatic carbocycles. The molecule has 4 saturated heterocycles. The van der Waals surface area contributed by atoms with Crippen molar-refractivity contribution in [3.63, 3.8) is 0 Å². The van der Waals surface area contributed by atoms with E-state index in [0.29, 0.717) is 6.61 Å². The van der Waals surface area contributed by atoms with Crippen LogP contribution >= 0.6 is 0 Å². The summed E-state index contributed by atoms with van der Waals surface area (Å²) in [5.74, 6) is -0.613. The zero-order chi connectivity index (χ0) is 12.8. The van der Waals surface area contributed by atoms with Gasteiger partial charge in [-0.2, -0.15) is 0 Å². The van der Waals surface area contributed by atoms with Crippen LogP contribution < -0.4 is 0 Å². The largest absolute Gasteiger partial charge is 0.366 e. The molecule has 0 aromatic carbocycles. The molecular weight excluding hydrogens is 236 g/mol. The van der Waals surface area contributed by atoms with Gasteiger partial charge in [-0.25, -0.2) is 0 Å². The van der Waals surface area contributed by atoms with Gasteiger partial charge in [0, 0.05) is 6.42 Å². The van der Waals surface area contributed by atoms with Crippen molar-refractivity contribution in [2.24, 2.45) is 0 Å². The van der Waals surface area contributed by atoms with Crippen LogP contribution in [0.4, 0.5) is 0 Å². The number of fused-ring (bicyclic) bond motifs is 1. The highest BCUT2D eigenvalue weighted by atomic mass is 16.9. The van der Waals surface area contributed by atoms with Crippen LogP contribution in [0.1, 0.15) is 34.1 Å². The van der Waals surface area contributed by atoms with Gasteiger partial charge in [0.05, 0.1) is 18.3 Å². The Morgan fingerprint density at radius 2 is 1.78 bits per heavy atom.